The van der Waals surface area contributed by atoms with Crippen LogP contribution in [0, 0.1) is 5.92 Å². The van der Waals surface area contributed by atoms with Crippen LogP contribution in [0.15, 0.2) is 17.0 Å². The highest BCUT2D eigenvalue weighted by Gasteiger charge is 2.61. The standard InChI is InChI=1S/C25H29Cl2F3N4O5S2/c1-5-34(24-8-13(9-24)10-24)22(36)18-19(40-21(32-18)20(35)31-11-23(3,4)37)14-6-7-15(17(27)16(14)26)41(38,39)33-12(2)25(28,29)30/h6-7,12-13,33,37H,5,8-11H2,1-4H3,(H,31,35)/t12-,13?,24?/m0/s1. The minimum atomic E-state index is -4.84. The SMILES string of the molecule is CCN(C(=O)c1nc(C(=O)NCC(C)(C)O)sc1-c1ccc(S(=O)(=O)N[C@@H](C)C(F)(F)F)c(Cl)c1Cl)C12CC(C1)C2. The summed E-state index contributed by atoms with van der Waals surface area (Å²) in [6.45, 7) is 5.77. The number of benzene rings is 1. The number of amides is 2. The van der Waals surface area contributed by atoms with Crippen molar-refractivity contribution < 1.29 is 36.3 Å². The number of aliphatic hydroxyl groups is 1. The molecule has 3 N–H and O–H groups in total. The van der Waals surface area contributed by atoms with Gasteiger partial charge in [-0.05, 0) is 58.9 Å². The third kappa shape index (κ3) is 6.23. The van der Waals surface area contributed by atoms with E-state index < -0.39 is 49.6 Å². The van der Waals surface area contributed by atoms with Crippen LogP contribution in [0.4, 0.5) is 13.2 Å². The van der Waals surface area contributed by atoms with Gasteiger partial charge in [-0.3, -0.25) is 9.59 Å². The zero-order valence-electron chi connectivity index (χ0n) is 22.5. The van der Waals surface area contributed by atoms with Gasteiger partial charge in [-0.25, -0.2) is 13.4 Å². The first kappa shape index (κ1) is 32.0. The number of hydrogen-bond donors (Lipinski definition) is 3. The molecule has 0 saturated heterocycles. The molecule has 9 nitrogen and oxygen atoms in total. The van der Waals surface area contributed by atoms with E-state index in [9.17, 15) is 36.3 Å². The molecule has 2 amide bonds. The summed E-state index contributed by atoms with van der Waals surface area (Å²) >= 11 is 13.6. The third-order valence-corrected chi connectivity index (χ3v) is 10.9. The molecule has 0 radical (unpaired) electrons. The summed E-state index contributed by atoms with van der Waals surface area (Å²) in [7, 11) is -4.74. The van der Waals surface area contributed by atoms with Crippen LogP contribution in [0.3, 0.4) is 0 Å². The molecule has 226 valence electrons. The Bertz CT molecular complexity index is 1470. The molecular formula is C25H29Cl2F3N4O5S2. The molecule has 16 heteroatoms. The minimum Gasteiger partial charge on any atom is -0.389 e. The molecule has 3 aliphatic rings. The minimum absolute atomic E-state index is 0.0792. The molecule has 1 atom stereocenters. The molecular weight excluding hydrogens is 628 g/mol. The van der Waals surface area contributed by atoms with E-state index >= 15 is 0 Å². The van der Waals surface area contributed by atoms with Crippen molar-refractivity contribution in [1.29, 1.82) is 0 Å². The van der Waals surface area contributed by atoms with Gasteiger partial charge in [0.15, 0.2) is 5.01 Å². The number of nitrogens with zero attached hydrogens (tertiary/aromatic N) is 2. The Hall–Kier alpha value is -1.97. The zero-order chi connectivity index (χ0) is 30.7. The lowest BCUT2D eigenvalue weighted by atomic mass is 9.49. The molecule has 2 bridgehead atoms. The Morgan fingerprint density at radius 2 is 1.83 bits per heavy atom. The summed E-state index contributed by atoms with van der Waals surface area (Å²) in [5.74, 6) is -0.521. The van der Waals surface area contributed by atoms with E-state index in [0.29, 0.717) is 19.4 Å². The second-order valence-corrected chi connectivity index (χ2v) is 14.5. The van der Waals surface area contributed by atoms with Crippen molar-refractivity contribution in [2.45, 2.75) is 75.2 Å². The summed E-state index contributed by atoms with van der Waals surface area (Å²) in [4.78, 5) is 32.2. The Labute approximate surface area is 249 Å². The molecule has 5 rings (SSSR count). The Balaban J connectivity index is 1.76. The van der Waals surface area contributed by atoms with Crippen LogP contribution in [-0.2, 0) is 10.0 Å². The van der Waals surface area contributed by atoms with Crippen molar-refractivity contribution in [2.75, 3.05) is 13.1 Å². The van der Waals surface area contributed by atoms with E-state index in [1.54, 1.807) is 4.90 Å². The predicted molar refractivity (Wildman–Crippen MR) is 149 cm³/mol. The van der Waals surface area contributed by atoms with Crippen molar-refractivity contribution in [3.63, 3.8) is 0 Å². The largest absolute Gasteiger partial charge is 0.404 e. The fraction of sp³-hybridized carbons (Fsp3) is 0.560. The second-order valence-electron chi connectivity index (χ2n) is 11.1. The van der Waals surface area contributed by atoms with Crippen LogP contribution in [0.25, 0.3) is 10.4 Å². The van der Waals surface area contributed by atoms with Gasteiger partial charge in [-0.2, -0.15) is 17.9 Å². The number of rotatable bonds is 10. The summed E-state index contributed by atoms with van der Waals surface area (Å²) in [5.41, 5.74) is -1.50. The predicted octanol–water partition coefficient (Wildman–Crippen LogP) is 4.86. The van der Waals surface area contributed by atoms with E-state index in [1.165, 1.54) is 24.6 Å². The zero-order valence-corrected chi connectivity index (χ0v) is 25.7. The Kier molecular flexibility index (Phi) is 8.53. The Morgan fingerprint density at radius 3 is 2.32 bits per heavy atom. The highest BCUT2D eigenvalue weighted by Crippen LogP contribution is 2.61. The molecule has 1 aromatic heterocycles. The number of hydrogen-bond acceptors (Lipinski definition) is 7. The van der Waals surface area contributed by atoms with Gasteiger partial charge < -0.3 is 15.3 Å². The quantitative estimate of drug-likeness (QED) is 0.335. The van der Waals surface area contributed by atoms with Gasteiger partial charge in [0, 0.05) is 24.2 Å². The number of carbonyl (C=O) groups is 2. The number of sulfonamides is 1. The maximum Gasteiger partial charge on any atom is 0.404 e. The second kappa shape index (κ2) is 10.9. The monoisotopic (exact) mass is 656 g/mol. The fourth-order valence-corrected chi connectivity index (χ4v) is 8.14. The maximum atomic E-state index is 13.8. The van der Waals surface area contributed by atoms with Gasteiger partial charge in [-0.15, -0.1) is 11.3 Å². The third-order valence-electron chi connectivity index (χ3n) is 7.25. The normalized spacial score (nSPS) is 21.1. The molecule has 0 unspecified atom stereocenters. The highest BCUT2D eigenvalue weighted by molar-refractivity contribution is 7.89. The molecule has 0 aliphatic heterocycles. The van der Waals surface area contributed by atoms with Gasteiger partial charge in [0.05, 0.1) is 20.5 Å². The van der Waals surface area contributed by atoms with Crippen molar-refractivity contribution in [3.05, 3.63) is 32.9 Å². The van der Waals surface area contributed by atoms with Crippen molar-refractivity contribution in [3.8, 4) is 10.4 Å². The van der Waals surface area contributed by atoms with E-state index in [2.05, 4.69) is 10.3 Å². The summed E-state index contributed by atoms with van der Waals surface area (Å²) in [5, 5.41) is 11.5. The Morgan fingerprint density at radius 1 is 1.22 bits per heavy atom. The summed E-state index contributed by atoms with van der Waals surface area (Å²) in [6.07, 6.45) is -2.23. The average molecular weight is 658 g/mol. The van der Waals surface area contributed by atoms with E-state index in [0.717, 1.165) is 36.7 Å². The van der Waals surface area contributed by atoms with Crippen LogP contribution < -0.4 is 10.0 Å². The maximum absolute atomic E-state index is 13.8. The highest BCUT2D eigenvalue weighted by atomic mass is 35.5. The first-order valence-corrected chi connectivity index (χ1v) is 15.8. The number of nitrogens with one attached hydrogen (secondary N) is 2. The molecule has 3 fully saturated rings. The first-order valence-electron chi connectivity index (χ1n) is 12.7. The van der Waals surface area contributed by atoms with Crippen LogP contribution in [0.2, 0.25) is 10.0 Å². The van der Waals surface area contributed by atoms with Gasteiger partial charge in [-0.1, -0.05) is 29.3 Å². The van der Waals surface area contributed by atoms with Crippen LogP contribution in [0.1, 0.15) is 67.2 Å². The molecule has 3 saturated carbocycles. The number of thiazole rings is 1. The van der Waals surface area contributed by atoms with Crippen LogP contribution in [0.5, 0.6) is 0 Å². The number of alkyl halides is 3. The number of carbonyl (C=O) groups excluding carboxylic acids is 2. The van der Waals surface area contributed by atoms with E-state index in [4.69, 9.17) is 23.2 Å². The van der Waals surface area contributed by atoms with Crippen molar-refractivity contribution >= 4 is 56.4 Å². The van der Waals surface area contributed by atoms with Crippen LogP contribution >= 0.6 is 34.5 Å². The van der Waals surface area contributed by atoms with Gasteiger partial charge in [0.25, 0.3) is 11.8 Å². The molecule has 0 spiro atoms. The summed E-state index contributed by atoms with van der Waals surface area (Å²) < 4.78 is 66.0. The topological polar surface area (TPSA) is 129 Å². The molecule has 1 heterocycles. The van der Waals surface area contributed by atoms with E-state index in [-0.39, 0.29) is 38.2 Å². The van der Waals surface area contributed by atoms with E-state index in [1.807, 2.05) is 6.92 Å². The lowest BCUT2D eigenvalue weighted by molar-refractivity contribution is -0.147. The lowest BCUT2D eigenvalue weighted by Gasteiger charge is -2.66. The lowest BCUT2D eigenvalue weighted by Crippen LogP contribution is -2.69. The summed E-state index contributed by atoms with van der Waals surface area (Å²) in [6, 6.07) is -0.202. The average Bonchev–Trinajstić information content (AvgIpc) is 3.23. The molecule has 1 aromatic carbocycles. The first-order chi connectivity index (χ1) is 18.8. The van der Waals surface area contributed by atoms with Crippen molar-refractivity contribution in [1.82, 2.24) is 19.9 Å². The van der Waals surface area contributed by atoms with Crippen LogP contribution in [-0.4, -0.2) is 71.7 Å². The smallest absolute Gasteiger partial charge is 0.389 e. The van der Waals surface area contributed by atoms with Gasteiger partial charge in [0.2, 0.25) is 10.0 Å². The molecule has 2 aromatic rings. The number of aromatic nitrogens is 1. The fourth-order valence-electron chi connectivity index (χ4n) is 4.98. The number of halogens is 5. The molecule has 3 aliphatic carbocycles. The van der Waals surface area contributed by atoms with Crippen molar-refractivity contribution in [2.24, 2.45) is 5.92 Å². The van der Waals surface area contributed by atoms with Gasteiger partial charge in [0.1, 0.15) is 16.6 Å². The molecule has 41 heavy (non-hydrogen) atoms. The van der Waals surface area contributed by atoms with Gasteiger partial charge >= 0.3 is 6.18 Å².